The number of fused-ring (bicyclic) bond motifs is 1. The summed E-state index contributed by atoms with van der Waals surface area (Å²) in [7, 11) is 3.53. The van der Waals surface area contributed by atoms with Gasteiger partial charge in [0, 0.05) is 59.1 Å². The highest BCUT2D eigenvalue weighted by atomic mass is 16.3. The molecule has 0 aliphatic carbocycles. The molecule has 1 aromatic heterocycles. The van der Waals surface area contributed by atoms with E-state index in [1.54, 1.807) is 25.1 Å². The van der Waals surface area contributed by atoms with Crippen molar-refractivity contribution in [2.75, 3.05) is 53.4 Å². The van der Waals surface area contributed by atoms with Crippen LogP contribution in [0.25, 0.3) is 0 Å². The van der Waals surface area contributed by atoms with Gasteiger partial charge in [-0.2, -0.15) is 0 Å². The zero-order chi connectivity index (χ0) is 24.1. The molecule has 34 heavy (non-hydrogen) atoms. The number of aliphatic hydroxyl groups is 1. The highest BCUT2D eigenvalue weighted by Crippen LogP contribution is 2.20. The number of β-amino-alcohol motifs (C(OH)–C–C–N with tert-alkyl or cyclic N) is 1. The maximum Gasteiger partial charge on any atom is 0.270 e. The van der Waals surface area contributed by atoms with Crippen molar-refractivity contribution in [2.24, 2.45) is 5.92 Å². The fourth-order valence-electron chi connectivity index (χ4n) is 4.57. The van der Waals surface area contributed by atoms with E-state index in [-0.39, 0.29) is 18.4 Å². The lowest BCUT2D eigenvalue weighted by molar-refractivity contribution is -0.131. The van der Waals surface area contributed by atoms with Crippen LogP contribution in [0, 0.1) is 5.92 Å². The number of nitrogens with one attached hydrogen (secondary N) is 1. The lowest BCUT2D eigenvalue weighted by Gasteiger charge is -2.39. The Kier molecular flexibility index (Phi) is 7.87. The second-order valence-corrected chi connectivity index (χ2v) is 9.56. The van der Waals surface area contributed by atoms with E-state index in [0.717, 1.165) is 44.7 Å². The SMILES string of the molecule is CN(C)C(=O)CN1CC(Cc2cc(C(=O)NC[C@H](O)CN3CCc4ccccc4C3)ncn2)C1. The summed E-state index contributed by atoms with van der Waals surface area (Å²) >= 11 is 0. The van der Waals surface area contributed by atoms with Crippen LogP contribution in [0.4, 0.5) is 0 Å². The van der Waals surface area contributed by atoms with Crippen molar-refractivity contribution < 1.29 is 14.7 Å². The third-order valence-electron chi connectivity index (χ3n) is 6.52. The molecule has 0 radical (unpaired) electrons. The van der Waals surface area contributed by atoms with E-state index < -0.39 is 6.10 Å². The fraction of sp³-hybridized carbons (Fsp3) is 0.520. The summed E-state index contributed by atoms with van der Waals surface area (Å²) in [5.74, 6) is 0.211. The molecule has 182 valence electrons. The highest BCUT2D eigenvalue weighted by molar-refractivity contribution is 5.92. The number of amides is 2. The van der Waals surface area contributed by atoms with Crippen LogP contribution >= 0.6 is 0 Å². The molecule has 0 unspecified atom stereocenters. The van der Waals surface area contributed by atoms with Crippen LogP contribution in [0.1, 0.15) is 27.3 Å². The van der Waals surface area contributed by atoms with Crippen molar-refractivity contribution in [3.05, 3.63) is 59.2 Å². The molecule has 9 heteroatoms. The Hall–Kier alpha value is -2.88. The first-order valence-electron chi connectivity index (χ1n) is 11.9. The molecule has 1 aromatic carbocycles. The quantitative estimate of drug-likeness (QED) is 0.544. The Morgan fingerprint density at radius 3 is 2.71 bits per heavy atom. The van der Waals surface area contributed by atoms with Gasteiger partial charge in [-0.05, 0) is 36.0 Å². The molecule has 0 bridgehead atoms. The van der Waals surface area contributed by atoms with Crippen LogP contribution in [-0.2, 0) is 24.2 Å². The van der Waals surface area contributed by atoms with Gasteiger partial charge in [-0.15, -0.1) is 0 Å². The number of hydrogen-bond acceptors (Lipinski definition) is 7. The number of aliphatic hydroxyl groups excluding tert-OH is 1. The summed E-state index contributed by atoms with van der Waals surface area (Å²) in [6.45, 7) is 4.53. The smallest absolute Gasteiger partial charge is 0.270 e. The van der Waals surface area contributed by atoms with Crippen LogP contribution in [0.5, 0.6) is 0 Å². The van der Waals surface area contributed by atoms with Crippen molar-refractivity contribution in [1.29, 1.82) is 0 Å². The molecule has 4 rings (SSSR count). The van der Waals surface area contributed by atoms with E-state index in [0.29, 0.717) is 24.7 Å². The van der Waals surface area contributed by atoms with Crippen molar-refractivity contribution >= 4 is 11.8 Å². The number of nitrogens with zero attached hydrogens (tertiary/aromatic N) is 5. The Morgan fingerprint density at radius 1 is 1.18 bits per heavy atom. The standard InChI is InChI=1S/C25H34N6O3/c1-29(2)24(33)16-31-12-18(13-31)9-21-10-23(28-17-27-21)25(34)26-11-22(32)15-30-8-7-19-5-3-4-6-20(19)14-30/h3-6,10,17-18,22,32H,7-9,11-16H2,1-2H3,(H,26,34)/t22-/m0/s1. The predicted octanol–water partition coefficient (Wildman–Crippen LogP) is 0.188. The van der Waals surface area contributed by atoms with Crippen molar-refractivity contribution in [1.82, 2.24) is 30.0 Å². The third kappa shape index (κ3) is 6.37. The summed E-state index contributed by atoms with van der Waals surface area (Å²) in [5.41, 5.74) is 3.80. The Labute approximate surface area is 200 Å². The van der Waals surface area contributed by atoms with Gasteiger partial charge in [0.05, 0.1) is 12.6 Å². The van der Waals surface area contributed by atoms with Gasteiger partial charge in [-0.3, -0.25) is 19.4 Å². The van der Waals surface area contributed by atoms with E-state index in [9.17, 15) is 14.7 Å². The maximum absolute atomic E-state index is 12.6. The van der Waals surface area contributed by atoms with Gasteiger partial charge in [0.2, 0.25) is 5.91 Å². The normalized spacial score (nSPS) is 17.5. The molecule has 2 aliphatic heterocycles. The summed E-state index contributed by atoms with van der Waals surface area (Å²) in [6.07, 6.45) is 2.48. The van der Waals surface area contributed by atoms with Gasteiger partial charge < -0.3 is 15.3 Å². The van der Waals surface area contributed by atoms with E-state index in [4.69, 9.17) is 0 Å². The number of carbonyl (C=O) groups is 2. The number of likely N-dealkylation sites (N-methyl/N-ethyl adjacent to an activating group) is 1. The van der Waals surface area contributed by atoms with Crippen LogP contribution in [0.2, 0.25) is 0 Å². The Balaban J connectivity index is 1.20. The summed E-state index contributed by atoms with van der Waals surface area (Å²) in [4.78, 5) is 38.7. The zero-order valence-electron chi connectivity index (χ0n) is 20.0. The highest BCUT2D eigenvalue weighted by Gasteiger charge is 2.29. The molecular formula is C25H34N6O3. The molecular weight excluding hydrogens is 432 g/mol. The van der Waals surface area contributed by atoms with Crippen molar-refractivity contribution in [3.63, 3.8) is 0 Å². The summed E-state index contributed by atoms with van der Waals surface area (Å²) in [5, 5.41) is 13.3. The number of likely N-dealkylation sites (tertiary alicyclic amines) is 1. The van der Waals surface area contributed by atoms with Crippen LogP contribution in [0.15, 0.2) is 36.7 Å². The lowest BCUT2D eigenvalue weighted by Crippen LogP contribution is -2.51. The largest absolute Gasteiger partial charge is 0.390 e. The molecule has 1 saturated heterocycles. The molecule has 0 saturated carbocycles. The number of hydrogen-bond donors (Lipinski definition) is 2. The molecule has 2 aliphatic rings. The molecule has 2 aromatic rings. The van der Waals surface area contributed by atoms with Gasteiger partial charge in [-0.25, -0.2) is 9.97 Å². The van der Waals surface area contributed by atoms with E-state index in [1.807, 2.05) is 6.07 Å². The number of carbonyl (C=O) groups excluding carboxylic acids is 2. The molecule has 1 atom stereocenters. The molecule has 9 nitrogen and oxygen atoms in total. The average Bonchev–Trinajstić information content (AvgIpc) is 2.81. The van der Waals surface area contributed by atoms with Gasteiger partial charge in [0.25, 0.3) is 5.91 Å². The first kappa shape index (κ1) is 24.3. The molecule has 0 spiro atoms. The monoisotopic (exact) mass is 466 g/mol. The minimum atomic E-state index is -0.652. The van der Waals surface area contributed by atoms with E-state index in [2.05, 4.69) is 43.3 Å². The first-order valence-corrected chi connectivity index (χ1v) is 11.9. The number of aromatic nitrogens is 2. The fourth-order valence-corrected chi connectivity index (χ4v) is 4.57. The van der Waals surface area contributed by atoms with Crippen molar-refractivity contribution in [3.8, 4) is 0 Å². The van der Waals surface area contributed by atoms with E-state index in [1.165, 1.54) is 17.5 Å². The van der Waals surface area contributed by atoms with Crippen LogP contribution in [0.3, 0.4) is 0 Å². The Morgan fingerprint density at radius 2 is 1.94 bits per heavy atom. The molecule has 3 heterocycles. The molecule has 1 fully saturated rings. The third-order valence-corrected chi connectivity index (χ3v) is 6.52. The summed E-state index contributed by atoms with van der Waals surface area (Å²) < 4.78 is 0. The zero-order valence-corrected chi connectivity index (χ0v) is 20.0. The van der Waals surface area contributed by atoms with E-state index >= 15 is 0 Å². The first-order chi connectivity index (χ1) is 16.4. The number of rotatable bonds is 9. The van der Waals surface area contributed by atoms with Gasteiger partial charge in [0.15, 0.2) is 0 Å². The summed E-state index contributed by atoms with van der Waals surface area (Å²) in [6, 6.07) is 10.1. The molecule has 2 amide bonds. The Bertz CT molecular complexity index is 1010. The average molecular weight is 467 g/mol. The van der Waals surface area contributed by atoms with Gasteiger partial charge in [-0.1, -0.05) is 24.3 Å². The minimum Gasteiger partial charge on any atom is -0.390 e. The topological polar surface area (TPSA) is 102 Å². The minimum absolute atomic E-state index is 0.103. The van der Waals surface area contributed by atoms with Gasteiger partial charge >= 0.3 is 0 Å². The van der Waals surface area contributed by atoms with Crippen molar-refractivity contribution in [2.45, 2.75) is 25.5 Å². The van der Waals surface area contributed by atoms with Gasteiger partial charge in [0.1, 0.15) is 12.0 Å². The predicted molar refractivity (Wildman–Crippen MR) is 128 cm³/mol. The second-order valence-electron chi connectivity index (χ2n) is 9.56. The van der Waals surface area contributed by atoms with Crippen LogP contribution < -0.4 is 5.32 Å². The lowest BCUT2D eigenvalue weighted by atomic mass is 9.94. The second kappa shape index (κ2) is 11.0. The number of benzene rings is 1. The van der Waals surface area contributed by atoms with Crippen LogP contribution in [-0.4, -0.2) is 101 Å². The maximum atomic E-state index is 12.6. The molecule has 2 N–H and O–H groups in total.